The molecule has 4 heteroatoms. The first kappa shape index (κ1) is 21.0. The Morgan fingerprint density at radius 2 is 1.82 bits per heavy atom. The lowest BCUT2D eigenvalue weighted by molar-refractivity contribution is -0.140. The largest absolute Gasteiger partial charge is 0.363 e. The first-order valence-corrected chi connectivity index (χ1v) is 10.6. The van der Waals surface area contributed by atoms with Crippen molar-refractivity contribution in [3.8, 4) is 0 Å². The Kier molecular flexibility index (Phi) is 7.22. The molecule has 2 unspecified atom stereocenters. The van der Waals surface area contributed by atoms with Crippen molar-refractivity contribution in [1.82, 2.24) is 10.6 Å². The van der Waals surface area contributed by atoms with Gasteiger partial charge in [0.25, 0.3) is 0 Å². The predicted molar refractivity (Wildman–Crippen MR) is 115 cm³/mol. The molecular formula is C24H34N2O2. The number of hydrogen-bond donors (Lipinski definition) is 2. The normalized spacial score (nSPS) is 30.1. The molecular weight excluding hydrogens is 348 g/mol. The molecule has 1 aromatic rings. The highest BCUT2D eigenvalue weighted by molar-refractivity contribution is 5.91. The summed E-state index contributed by atoms with van der Waals surface area (Å²) in [6.45, 7) is 4.86. The van der Waals surface area contributed by atoms with Crippen LogP contribution in [0.25, 0.3) is 5.57 Å². The summed E-state index contributed by atoms with van der Waals surface area (Å²) in [5, 5.41) is 7.13. The molecule has 1 aromatic carbocycles. The lowest BCUT2D eigenvalue weighted by Gasteiger charge is -2.39. The van der Waals surface area contributed by atoms with Gasteiger partial charge < -0.3 is 15.4 Å². The molecule has 1 saturated carbocycles. The number of rotatable bonds is 8. The molecule has 2 aliphatic carbocycles. The Morgan fingerprint density at radius 3 is 2.43 bits per heavy atom. The van der Waals surface area contributed by atoms with Crippen LogP contribution in [0, 0.1) is 5.92 Å². The molecule has 0 aliphatic heterocycles. The predicted octanol–water partition coefficient (Wildman–Crippen LogP) is 3.74. The van der Waals surface area contributed by atoms with Crippen LogP contribution in [0.3, 0.4) is 0 Å². The van der Waals surface area contributed by atoms with Gasteiger partial charge in [-0.15, -0.1) is 0 Å². The molecule has 0 spiro atoms. The average molecular weight is 383 g/mol. The van der Waals surface area contributed by atoms with E-state index in [1.54, 1.807) is 6.92 Å². The van der Waals surface area contributed by atoms with Gasteiger partial charge in [-0.05, 0) is 63.8 Å². The third-order valence-corrected chi connectivity index (χ3v) is 6.24. The number of ketones is 1. The number of nitrogens with one attached hydrogen (secondary N) is 2. The van der Waals surface area contributed by atoms with Crippen LogP contribution < -0.4 is 10.6 Å². The maximum Gasteiger partial charge on any atom is 0.166 e. The van der Waals surface area contributed by atoms with Crippen molar-refractivity contribution in [2.75, 3.05) is 20.2 Å². The van der Waals surface area contributed by atoms with Gasteiger partial charge in [0.2, 0.25) is 0 Å². The van der Waals surface area contributed by atoms with E-state index in [9.17, 15) is 4.79 Å². The SMILES string of the molecule is CCOC1(C(C)=O)C=CC(c2ccccc2)=CC1CNC1CCC(NC)CC1. The molecule has 28 heavy (non-hydrogen) atoms. The number of benzene rings is 1. The van der Waals surface area contributed by atoms with Crippen LogP contribution in [0.15, 0.2) is 48.6 Å². The lowest BCUT2D eigenvalue weighted by atomic mass is 9.77. The van der Waals surface area contributed by atoms with Crippen LogP contribution in [0.2, 0.25) is 0 Å². The van der Waals surface area contributed by atoms with Gasteiger partial charge in [0.15, 0.2) is 11.4 Å². The van der Waals surface area contributed by atoms with Crippen molar-refractivity contribution in [1.29, 1.82) is 0 Å². The van der Waals surface area contributed by atoms with E-state index in [1.165, 1.54) is 31.2 Å². The van der Waals surface area contributed by atoms with Gasteiger partial charge in [-0.3, -0.25) is 4.79 Å². The quantitative estimate of drug-likeness (QED) is 0.719. The molecule has 4 nitrogen and oxygen atoms in total. The zero-order chi connectivity index (χ0) is 20.0. The molecule has 0 radical (unpaired) electrons. The molecule has 0 aromatic heterocycles. The monoisotopic (exact) mass is 382 g/mol. The molecule has 0 amide bonds. The van der Waals surface area contributed by atoms with Crippen molar-refractivity contribution >= 4 is 11.4 Å². The lowest BCUT2D eigenvalue weighted by Crippen LogP contribution is -2.51. The van der Waals surface area contributed by atoms with Crippen LogP contribution in [0.5, 0.6) is 0 Å². The standard InChI is InChI=1S/C24H34N2O2/c1-4-28-24(18(2)27)15-14-20(19-8-6-5-7-9-19)16-21(24)17-26-23-12-10-22(25-3)11-13-23/h5-9,14-16,21-23,25-26H,4,10-13,17H2,1-3H3. The van der Waals surface area contributed by atoms with Crippen molar-refractivity contribution < 1.29 is 9.53 Å². The molecule has 152 valence electrons. The van der Waals surface area contributed by atoms with Gasteiger partial charge in [0, 0.05) is 31.2 Å². The van der Waals surface area contributed by atoms with Crippen molar-refractivity contribution in [2.45, 2.75) is 57.2 Å². The molecule has 0 heterocycles. The highest BCUT2D eigenvalue weighted by Gasteiger charge is 2.43. The van der Waals surface area contributed by atoms with Crippen LogP contribution in [-0.4, -0.2) is 43.7 Å². The molecule has 2 aliphatic rings. The average Bonchev–Trinajstić information content (AvgIpc) is 2.74. The summed E-state index contributed by atoms with van der Waals surface area (Å²) in [5.74, 6) is 0.0480. The van der Waals surface area contributed by atoms with Gasteiger partial charge in [-0.25, -0.2) is 0 Å². The zero-order valence-electron chi connectivity index (χ0n) is 17.4. The molecule has 0 saturated heterocycles. The van der Waals surface area contributed by atoms with Crippen LogP contribution in [-0.2, 0) is 9.53 Å². The number of hydrogen-bond acceptors (Lipinski definition) is 4. The first-order chi connectivity index (χ1) is 13.6. The minimum absolute atomic E-state index is 0.0211. The number of Topliss-reactive ketones (excluding diaryl/α,β-unsaturated/α-hetero) is 1. The first-order valence-electron chi connectivity index (χ1n) is 10.6. The van der Waals surface area contributed by atoms with Crippen LogP contribution in [0.1, 0.15) is 45.1 Å². The van der Waals surface area contributed by atoms with E-state index in [0.717, 1.165) is 12.1 Å². The molecule has 3 rings (SSSR count). The van der Waals surface area contributed by atoms with Crippen molar-refractivity contribution in [3.63, 3.8) is 0 Å². The highest BCUT2D eigenvalue weighted by atomic mass is 16.5. The van der Waals surface area contributed by atoms with Gasteiger partial charge in [0.1, 0.15) is 0 Å². The van der Waals surface area contributed by atoms with Crippen LogP contribution in [0.4, 0.5) is 0 Å². The summed E-state index contributed by atoms with van der Waals surface area (Å²) >= 11 is 0. The minimum atomic E-state index is -0.873. The van der Waals surface area contributed by atoms with E-state index >= 15 is 0 Å². The van der Waals surface area contributed by atoms with Crippen LogP contribution >= 0.6 is 0 Å². The molecule has 2 N–H and O–H groups in total. The molecule has 0 bridgehead atoms. The second-order valence-corrected chi connectivity index (χ2v) is 7.96. The summed E-state index contributed by atoms with van der Waals surface area (Å²) in [6, 6.07) is 11.5. The fourth-order valence-corrected chi connectivity index (χ4v) is 4.52. The number of carbonyl (C=O) groups is 1. The van der Waals surface area contributed by atoms with Gasteiger partial charge in [-0.1, -0.05) is 42.5 Å². The number of ether oxygens (including phenoxy) is 1. The van der Waals surface area contributed by atoms with Gasteiger partial charge >= 0.3 is 0 Å². The Balaban J connectivity index is 1.78. The smallest absolute Gasteiger partial charge is 0.166 e. The van der Waals surface area contributed by atoms with Crippen molar-refractivity contribution in [2.24, 2.45) is 5.92 Å². The van der Waals surface area contributed by atoms with Gasteiger partial charge in [-0.2, -0.15) is 0 Å². The fraction of sp³-hybridized carbons (Fsp3) is 0.542. The maximum atomic E-state index is 12.7. The van der Waals surface area contributed by atoms with E-state index < -0.39 is 5.60 Å². The summed E-state index contributed by atoms with van der Waals surface area (Å²) in [5.41, 5.74) is 1.46. The third kappa shape index (κ3) is 4.62. The second kappa shape index (κ2) is 9.64. The van der Waals surface area contributed by atoms with E-state index in [-0.39, 0.29) is 11.7 Å². The van der Waals surface area contributed by atoms with Crippen molar-refractivity contribution in [3.05, 3.63) is 54.1 Å². The Morgan fingerprint density at radius 1 is 1.14 bits per heavy atom. The van der Waals surface area contributed by atoms with E-state index in [2.05, 4.69) is 28.8 Å². The Bertz CT molecular complexity index is 705. The summed E-state index contributed by atoms with van der Waals surface area (Å²) in [7, 11) is 2.05. The Labute approximate surface area is 169 Å². The maximum absolute atomic E-state index is 12.7. The topological polar surface area (TPSA) is 50.4 Å². The third-order valence-electron chi connectivity index (χ3n) is 6.24. The number of carbonyl (C=O) groups excluding carboxylic acids is 1. The summed E-state index contributed by atoms with van der Waals surface area (Å²) in [6.07, 6.45) is 11.0. The Hall–Kier alpha value is -1.75. The summed E-state index contributed by atoms with van der Waals surface area (Å²) in [4.78, 5) is 12.7. The molecule has 1 fully saturated rings. The van der Waals surface area contributed by atoms with E-state index in [0.29, 0.717) is 18.7 Å². The zero-order valence-corrected chi connectivity index (χ0v) is 17.4. The second-order valence-electron chi connectivity index (χ2n) is 7.96. The van der Waals surface area contributed by atoms with Gasteiger partial charge in [0.05, 0.1) is 0 Å². The number of allylic oxidation sites excluding steroid dienone is 2. The van der Waals surface area contributed by atoms with E-state index in [1.807, 2.05) is 44.3 Å². The fourth-order valence-electron chi connectivity index (χ4n) is 4.52. The summed E-state index contributed by atoms with van der Waals surface area (Å²) < 4.78 is 6.07. The minimum Gasteiger partial charge on any atom is -0.363 e. The molecule has 2 atom stereocenters. The highest BCUT2D eigenvalue weighted by Crippen LogP contribution is 2.35. The van der Waals surface area contributed by atoms with E-state index in [4.69, 9.17) is 4.74 Å².